The van der Waals surface area contributed by atoms with Gasteiger partial charge in [0.2, 0.25) is 0 Å². The van der Waals surface area contributed by atoms with Crippen molar-refractivity contribution in [3.05, 3.63) is 96.1 Å². The molecule has 2 aromatic carbocycles. The largest absolute Gasteiger partial charge is 0.489 e. The topological polar surface area (TPSA) is 44.9 Å². The molecule has 0 bridgehead atoms. The molecule has 0 aliphatic heterocycles. The molecule has 0 aliphatic rings. The van der Waals surface area contributed by atoms with Crippen LogP contribution < -0.4 is 4.74 Å². The highest BCUT2D eigenvalue weighted by Crippen LogP contribution is 2.20. The van der Waals surface area contributed by atoms with Crippen LogP contribution in [0.25, 0.3) is 5.69 Å². The summed E-state index contributed by atoms with van der Waals surface area (Å²) in [6, 6.07) is 16.2. The number of benzene rings is 2. The van der Waals surface area contributed by atoms with E-state index >= 15 is 0 Å². The number of halogens is 1. The monoisotopic (exact) mass is 420 g/mol. The molecule has 0 radical (unpaired) electrons. The van der Waals surface area contributed by atoms with Crippen molar-refractivity contribution in [1.82, 2.24) is 19.1 Å². The third-order valence-corrected chi connectivity index (χ3v) is 5.35. The molecule has 0 fully saturated rings. The van der Waals surface area contributed by atoms with E-state index in [9.17, 15) is 0 Å². The molecule has 0 N–H and O–H groups in total. The average Bonchev–Trinajstić information content (AvgIpc) is 3.45. The second-order valence-corrected chi connectivity index (χ2v) is 7.66. The first kappa shape index (κ1) is 20.2. The SMILES string of the molecule is CCc1nccn1-c1ccc(OC(CCc2ccc(Cl)cc2)Cn2ccnc2)cc1. The van der Waals surface area contributed by atoms with E-state index in [1.807, 2.05) is 49.2 Å². The van der Waals surface area contributed by atoms with Gasteiger partial charge in [-0.1, -0.05) is 30.7 Å². The summed E-state index contributed by atoms with van der Waals surface area (Å²) in [6.45, 7) is 2.86. The standard InChI is InChI=1S/C24H25ClN4O/c1-2-24-27-14-16-29(24)21-8-11-22(12-9-21)30-23(17-28-15-13-26-18-28)10-5-19-3-6-20(25)7-4-19/h3-4,6-9,11-16,18,23H,2,5,10,17H2,1H3. The molecule has 2 aromatic heterocycles. The van der Waals surface area contributed by atoms with Crippen molar-refractivity contribution in [2.24, 2.45) is 0 Å². The zero-order valence-corrected chi connectivity index (χ0v) is 17.7. The minimum Gasteiger partial charge on any atom is -0.489 e. The molecule has 1 atom stereocenters. The van der Waals surface area contributed by atoms with Gasteiger partial charge in [0.15, 0.2) is 0 Å². The van der Waals surface area contributed by atoms with Crippen LogP contribution in [0.2, 0.25) is 5.02 Å². The van der Waals surface area contributed by atoms with Gasteiger partial charge in [0.05, 0.1) is 12.9 Å². The molecule has 0 saturated carbocycles. The van der Waals surface area contributed by atoms with Crippen LogP contribution in [0.5, 0.6) is 5.75 Å². The summed E-state index contributed by atoms with van der Waals surface area (Å²) in [4.78, 5) is 8.55. The number of ether oxygens (including phenoxy) is 1. The minimum atomic E-state index is 0.0279. The molecule has 0 saturated heterocycles. The first-order chi connectivity index (χ1) is 14.7. The molecule has 30 heavy (non-hydrogen) atoms. The Morgan fingerprint density at radius 2 is 1.80 bits per heavy atom. The molecular weight excluding hydrogens is 396 g/mol. The number of aryl methyl sites for hydroxylation is 2. The molecular formula is C24H25ClN4O. The normalized spacial score (nSPS) is 12.1. The Morgan fingerprint density at radius 1 is 1.00 bits per heavy atom. The van der Waals surface area contributed by atoms with E-state index in [0.717, 1.165) is 48.1 Å². The molecule has 0 amide bonds. The molecule has 1 unspecified atom stereocenters. The fraction of sp³-hybridized carbons (Fsp3) is 0.250. The summed E-state index contributed by atoms with van der Waals surface area (Å²) in [5.41, 5.74) is 2.34. The lowest BCUT2D eigenvalue weighted by atomic mass is 10.1. The van der Waals surface area contributed by atoms with E-state index in [-0.39, 0.29) is 6.10 Å². The third kappa shape index (κ3) is 5.10. The minimum absolute atomic E-state index is 0.0279. The van der Waals surface area contributed by atoms with Gasteiger partial charge in [-0.05, 0) is 54.8 Å². The Morgan fingerprint density at radius 3 is 2.50 bits per heavy atom. The van der Waals surface area contributed by atoms with Gasteiger partial charge >= 0.3 is 0 Å². The van der Waals surface area contributed by atoms with Crippen LogP contribution in [-0.2, 0) is 19.4 Å². The van der Waals surface area contributed by atoms with Crippen molar-refractivity contribution < 1.29 is 4.74 Å². The summed E-state index contributed by atoms with van der Waals surface area (Å²) in [5, 5.41) is 0.758. The van der Waals surface area contributed by atoms with Gasteiger partial charge in [-0.3, -0.25) is 0 Å². The Balaban J connectivity index is 1.45. The van der Waals surface area contributed by atoms with Gasteiger partial charge in [0.1, 0.15) is 17.7 Å². The maximum absolute atomic E-state index is 6.36. The van der Waals surface area contributed by atoms with Gasteiger partial charge in [0, 0.05) is 41.9 Å². The van der Waals surface area contributed by atoms with Crippen LogP contribution >= 0.6 is 11.6 Å². The molecule has 2 heterocycles. The van der Waals surface area contributed by atoms with E-state index in [4.69, 9.17) is 16.3 Å². The van der Waals surface area contributed by atoms with Crippen molar-refractivity contribution in [2.45, 2.75) is 38.8 Å². The van der Waals surface area contributed by atoms with E-state index in [0.29, 0.717) is 0 Å². The predicted molar refractivity (Wildman–Crippen MR) is 119 cm³/mol. The number of hydrogen-bond acceptors (Lipinski definition) is 3. The number of rotatable bonds is 9. The molecule has 6 heteroatoms. The second-order valence-electron chi connectivity index (χ2n) is 7.23. The van der Waals surface area contributed by atoms with Crippen molar-refractivity contribution >= 4 is 11.6 Å². The Hall–Kier alpha value is -3.05. The molecule has 4 aromatic rings. The molecule has 4 rings (SSSR count). The number of hydrogen-bond donors (Lipinski definition) is 0. The van der Waals surface area contributed by atoms with Gasteiger partial charge < -0.3 is 13.9 Å². The smallest absolute Gasteiger partial charge is 0.119 e. The van der Waals surface area contributed by atoms with E-state index in [2.05, 4.69) is 50.3 Å². The first-order valence-corrected chi connectivity index (χ1v) is 10.6. The second kappa shape index (κ2) is 9.63. The first-order valence-electron chi connectivity index (χ1n) is 10.2. The fourth-order valence-corrected chi connectivity index (χ4v) is 3.63. The van der Waals surface area contributed by atoms with Gasteiger partial charge in [-0.15, -0.1) is 0 Å². The highest BCUT2D eigenvalue weighted by atomic mass is 35.5. The summed E-state index contributed by atoms with van der Waals surface area (Å²) in [7, 11) is 0. The average molecular weight is 421 g/mol. The van der Waals surface area contributed by atoms with Crippen LogP contribution in [0.15, 0.2) is 79.6 Å². The lowest BCUT2D eigenvalue weighted by Crippen LogP contribution is -2.23. The zero-order chi connectivity index (χ0) is 20.8. The van der Waals surface area contributed by atoms with Gasteiger partial charge in [0.25, 0.3) is 0 Å². The van der Waals surface area contributed by atoms with Crippen LogP contribution in [0.3, 0.4) is 0 Å². The maximum Gasteiger partial charge on any atom is 0.119 e. The summed E-state index contributed by atoms with van der Waals surface area (Å²) >= 11 is 6.00. The van der Waals surface area contributed by atoms with Gasteiger partial charge in [-0.2, -0.15) is 0 Å². The number of imidazole rings is 2. The maximum atomic E-state index is 6.36. The molecule has 0 spiro atoms. The fourth-order valence-electron chi connectivity index (χ4n) is 3.50. The van der Waals surface area contributed by atoms with Crippen molar-refractivity contribution in [1.29, 1.82) is 0 Å². The highest BCUT2D eigenvalue weighted by molar-refractivity contribution is 6.30. The third-order valence-electron chi connectivity index (χ3n) is 5.09. The zero-order valence-electron chi connectivity index (χ0n) is 17.0. The molecule has 0 aliphatic carbocycles. The van der Waals surface area contributed by atoms with E-state index in [1.165, 1.54) is 5.56 Å². The lowest BCUT2D eigenvalue weighted by Gasteiger charge is -2.20. The Kier molecular flexibility index (Phi) is 6.50. The van der Waals surface area contributed by atoms with Crippen molar-refractivity contribution in [2.75, 3.05) is 0 Å². The summed E-state index contributed by atoms with van der Waals surface area (Å²) < 4.78 is 10.5. The molecule has 154 valence electrons. The van der Waals surface area contributed by atoms with Crippen molar-refractivity contribution in [3.63, 3.8) is 0 Å². The Bertz CT molecular complexity index is 1040. The summed E-state index contributed by atoms with van der Waals surface area (Å²) in [5.74, 6) is 1.91. The lowest BCUT2D eigenvalue weighted by molar-refractivity contribution is 0.170. The predicted octanol–water partition coefficient (Wildman–Crippen LogP) is 5.37. The van der Waals surface area contributed by atoms with Crippen LogP contribution in [0.1, 0.15) is 24.7 Å². The Labute approximate surface area is 181 Å². The highest BCUT2D eigenvalue weighted by Gasteiger charge is 2.13. The van der Waals surface area contributed by atoms with Crippen LogP contribution in [0.4, 0.5) is 0 Å². The quantitative estimate of drug-likeness (QED) is 0.366. The van der Waals surface area contributed by atoms with Crippen LogP contribution in [0, 0.1) is 0 Å². The van der Waals surface area contributed by atoms with Gasteiger partial charge in [-0.25, -0.2) is 9.97 Å². The van der Waals surface area contributed by atoms with Crippen molar-refractivity contribution in [3.8, 4) is 11.4 Å². The number of nitrogens with zero attached hydrogens (tertiary/aromatic N) is 4. The molecule has 5 nitrogen and oxygen atoms in total. The number of aromatic nitrogens is 4. The summed E-state index contributed by atoms with van der Waals surface area (Å²) in [6.07, 6.45) is 12.1. The van der Waals surface area contributed by atoms with E-state index < -0.39 is 0 Å². The van der Waals surface area contributed by atoms with Crippen LogP contribution in [-0.4, -0.2) is 25.2 Å². The van der Waals surface area contributed by atoms with E-state index in [1.54, 1.807) is 6.20 Å².